The van der Waals surface area contributed by atoms with Gasteiger partial charge in [0, 0.05) is 12.2 Å². The van der Waals surface area contributed by atoms with E-state index in [4.69, 9.17) is 10.2 Å². The molecular formula is C19H27Cl2N3O2. The molecule has 1 fully saturated rings. The predicted molar refractivity (Wildman–Crippen MR) is 109 cm³/mol. The number of likely N-dealkylation sites (tertiary alicyclic amines) is 1. The summed E-state index contributed by atoms with van der Waals surface area (Å²) in [4.78, 5) is 14.6. The van der Waals surface area contributed by atoms with Crippen LogP contribution in [-0.2, 0) is 13.1 Å². The number of hydrogen-bond acceptors (Lipinski definition) is 4. The minimum atomic E-state index is -0.184. The van der Waals surface area contributed by atoms with E-state index in [1.807, 2.05) is 12.1 Å². The highest BCUT2D eigenvalue weighted by Gasteiger charge is 2.15. The van der Waals surface area contributed by atoms with Gasteiger partial charge in [0.2, 0.25) is 0 Å². The third kappa shape index (κ3) is 6.02. The third-order valence-electron chi connectivity index (χ3n) is 4.61. The van der Waals surface area contributed by atoms with E-state index in [2.05, 4.69) is 29.3 Å². The molecule has 2 aromatic rings. The van der Waals surface area contributed by atoms with Crippen LogP contribution in [0.3, 0.4) is 0 Å². The van der Waals surface area contributed by atoms with E-state index in [0.29, 0.717) is 11.3 Å². The molecule has 144 valence electrons. The van der Waals surface area contributed by atoms with Gasteiger partial charge in [0.15, 0.2) is 0 Å². The first-order valence-corrected chi connectivity index (χ1v) is 8.54. The number of benzene rings is 1. The average Bonchev–Trinajstić information content (AvgIpc) is 3.08. The number of rotatable bonds is 5. The zero-order valence-electron chi connectivity index (χ0n) is 14.9. The lowest BCUT2D eigenvalue weighted by Gasteiger charge is -2.30. The summed E-state index contributed by atoms with van der Waals surface area (Å²) in [6.07, 6.45) is 4.00. The maximum Gasteiger partial charge on any atom is 0.258 e. The number of carbonyl (C=O) groups is 1. The predicted octanol–water partition coefficient (Wildman–Crippen LogP) is 4.07. The van der Waals surface area contributed by atoms with E-state index in [-0.39, 0.29) is 37.3 Å². The van der Waals surface area contributed by atoms with Crippen molar-refractivity contribution in [1.29, 1.82) is 0 Å². The SMILES string of the molecule is CC1CCN(Cc2ccc(NC(=O)c3coc(CN)c3)cc2)CC1.Cl.Cl. The molecular weight excluding hydrogens is 373 g/mol. The van der Waals surface area contributed by atoms with E-state index in [1.165, 1.54) is 37.8 Å². The van der Waals surface area contributed by atoms with Crippen LogP contribution in [0.25, 0.3) is 0 Å². The summed E-state index contributed by atoms with van der Waals surface area (Å²) in [6.45, 7) is 5.93. The molecule has 3 rings (SSSR count). The van der Waals surface area contributed by atoms with Crippen LogP contribution in [0.4, 0.5) is 5.69 Å². The van der Waals surface area contributed by atoms with Crippen molar-refractivity contribution in [1.82, 2.24) is 4.90 Å². The molecule has 1 aromatic heterocycles. The Labute approximate surface area is 167 Å². The number of nitrogens with zero attached hydrogens (tertiary/aromatic N) is 1. The van der Waals surface area contributed by atoms with Crippen molar-refractivity contribution in [2.24, 2.45) is 11.7 Å². The number of amides is 1. The van der Waals surface area contributed by atoms with Gasteiger partial charge in [0.25, 0.3) is 5.91 Å². The van der Waals surface area contributed by atoms with Crippen LogP contribution in [0, 0.1) is 5.92 Å². The molecule has 0 aliphatic carbocycles. The van der Waals surface area contributed by atoms with E-state index in [0.717, 1.165) is 18.2 Å². The van der Waals surface area contributed by atoms with E-state index in [1.54, 1.807) is 6.07 Å². The van der Waals surface area contributed by atoms with Gasteiger partial charge in [0.1, 0.15) is 12.0 Å². The molecule has 1 aliphatic rings. The number of halogens is 2. The molecule has 1 saturated heterocycles. The number of piperidine rings is 1. The molecule has 0 radical (unpaired) electrons. The second-order valence-electron chi connectivity index (χ2n) is 6.62. The fourth-order valence-electron chi connectivity index (χ4n) is 2.98. The Morgan fingerprint density at radius 1 is 1.23 bits per heavy atom. The Bertz CT molecular complexity index is 680. The maximum atomic E-state index is 12.2. The fourth-order valence-corrected chi connectivity index (χ4v) is 2.98. The van der Waals surface area contributed by atoms with Crippen LogP contribution in [0.1, 0.15) is 41.4 Å². The van der Waals surface area contributed by atoms with Crippen molar-refractivity contribution in [3.05, 3.63) is 53.5 Å². The lowest BCUT2D eigenvalue weighted by molar-refractivity contribution is 0.102. The van der Waals surface area contributed by atoms with Gasteiger partial charge in [-0.3, -0.25) is 9.69 Å². The first-order chi connectivity index (χ1) is 11.6. The number of carbonyl (C=O) groups excluding carboxylic acids is 1. The first-order valence-electron chi connectivity index (χ1n) is 8.54. The molecule has 2 heterocycles. The molecule has 1 amide bonds. The van der Waals surface area contributed by atoms with Gasteiger partial charge in [0.05, 0.1) is 12.1 Å². The normalized spacial score (nSPS) is 15.0. The van der Waals surface area contributed by atoms with Crippen LogP contribution < -0.4 is 11.1 Å². The van der Waals surface area contributed by atoms with Crippen molar-refractivity contribution >= 4 is 36.4 Å². The highest BCUT2D eigenvalue weighted by molar-refractivity contribution is 6.04. The Hall–Kier alpha value is -1.53. The molecule has 0 bridgehead atoms. The highest BCUT2D eigenvalue weighted by Crippen LogP contribution is 2.19. The summed E-state index contributed by atoms with van der Waals surface area (Å²) in [5, 5.41) is 2.88. The zero-order valence-corrected chi connectivity index (χ0v) is 16.6. The van der Waals surface area contributed by atoms with Crippen LogP contribution in [-0.4, -0.2) is 23.9 Å². The van der Waals surface area contributed by atoms with Gasteiger partial charge in [-0.25, -0.2) is 0 Å². The van der Waals surface area contributed by atoms with E-state index < -0.39 is 0 Å². The fraction of sp³-hybridized carbons (Fsp3) is 0.421. The van der Waals surface area contributed by atoms with Gasteiger partial charge in [-0.05, 0) is 55.6 Å². The molecule has 26 heavy (non-hydrogen) atoms. The van der Waals surface area contributed by atoms with Gasteiger partial charge >= 0.3 is 0 Å². The minimum Gasteiger partial charge on any atom is -0.467 e. The molecule has 0 spiro atoms. The maximum absolute atomic E-state index is 12.2. The average molecular weight is 400 g/mol. The number of nitrogens with two attached hydrogens (primary N) is 1. The summed E-state index contributed by atoms with van der Waals surface area (Å²) in [7, 11) is 0. The summed E-state index contributed by atoms with van der Waals surface area (Å²) < 4.78 is 5.19. The summed E-state index contributed by atoms with van der Waals surface area (Å²) in [6, 6.07) is 9.72. The lowest BCUT2D eigenvalue weighted by atomic mass is 9.99. The largest absolute Gasteiger partial charge is 0.467 e. The van der Waals surface area contributed by atoms with Crippen molar-refractivity contribution in [2.75, 3.05) is 18.4 Å². The van der Waals surface area contributed by atoms with Crippen LogP contribution >= 0.6 is 24.8 Å². The number of nitrogens with one attached hydrogen (secondary N) is 1. The zero-order chi connectivity index (χ0) is 16.9. The van der Waals surface area contributed by atoms with Crippen LogP contribution in [0.2, 0.25) is 0 Å². The molecule has 5 nitrogen and oxygen atoms in total. The molecule has 7 heteroatoms. The molecule has 1 aromatic carbocycles. The van der Waals surface area contributed by atoms with Gasteiger partial charge < -0.3 is 15.5 Å². The van der Waals surface area contributed by atoms with E-state index >= 15 is 0 Å². The third-order valence-corrected chi connectivity index (χ3v) is 4.61. The first kappa shape index (κ1) is 22.5. The Balaban J connectivity index is 0.00000169. The van der Waals surface area contributed by atoms with Crippen molar-refractivity contribution in [3.63, 3.8) is 0 Å². The summed E-state index contributed by atoms with van der Waals surface area (Å²) >= 11 is 0. The van der Waals surface area contributed by atoms with Crippen molar-refractivity contribution in [2.45, 2.75) is 32.9 Å². The molecule has 0 atom stereocenters. The quantitative estimate of drug-likeness (QED) is 0.794. The Morgan fingerprint density at radius 3 is 2.46 bits per heavy atom. The van der Waals surface area contributed by atoms with Crippen molar-refractivity contribution < 1.29 is 9.21 Å². The molecule has 0 unspecified atom stereocenters. The van der Waals surface area contributed by atoms with Crippen LogP contribution in [0.5, 0.6) is 0 Å². The Kier molecular flexibility index (Phi) is 9.16. The smallest absolute Gasteiger partial charge is 0.258 e. The summed E-state index contributed by atoms with van der Waals surface area (Å²) in [5.41, 5.74) is 8.03. The number of hydrogen-bond donors (Lipinski definition) is 2. The van der Waals surface area contributed by atoms with Crippen LogP contribution in [0.15, 0.2) is 41.0 Å². The minimum absolute atomic E-state index is 0. The topological polar surface area (TPSA) is 71.5 Å². The van der Waals surface area contributed by atoms with Crippen molar-refractivity contribution in [3.8, 4) is 0 Å². The standard InChI is InChI=1S/C19H25N3O2.2ClH/c1-14-6-8-22(9-7-14)12-15-2-4-17(5-3-15)21-19(23)16-10-18(11-20)24-13-16;;/h2-5,10,13-14H,6-9,11-12,20H2,1H3,(H,21,23);2*1H. The van der Waals surface area contributed by atoms with Gasteiger partial charge in [-0.15, -0.1) is 24.8 Å². The summed E-state index contributed by atoms with van der Waals surface area (Å²) in [5.74, 6) is 1.27. The number of anilines is 1. The molecule has 3 N–H and O–H groups in total. The van der Waals surface area contributed by atoms with Gasteiger partial charge in [-0.2, -0.15) is 0 Å². The monoisotopic (exact) mass is 399 g/mol. The lowest BCUT2D eigenvalue weighted by Crippen LogP contribution is -2.32. The number of furan rings is 1. The van der Waals surface area contributed by atoms with E-state index in [9.17, 15) is 4.79 Å². The second-order valence-corrected chi connectivity index (χ2v) is 6.62. The Morgan fingerprint density at radius 2 is 1.88 bits per heavy atom. The molecule has 0 saturated carbocycles. The van der Waals surface area contributed by atoms with Gasteiger partial charge in [-0.1, -0.05) is 19.1 Å². The molecule has 1 aliphatic heterocycles. The highest BCUT2D eigenvalue weighted by atomic mass is 35.5. The second kappa shape index (κ2) is 10.6.